The van der Waals surface area contributed by atoms with Gasteiger partial charge in [0.2, 0.25) is 0 Å². The van der Waals surface area contributed by atoms with E-state index in [2.05, 4.69) is 4.98 Å². The number of hydrogen-bond donors (Lipinski definition) is 0. The average molecular weight is 285 g/mol. The van der Waals surface area contributed by atoms with E-state index in [1.807, 2.05) is 0 Å². The second-order valence-corrected chi connectivity index (χ2v) is 6.20. The molecule has 0 spiro atoms. The topological polar surface area (TPSA) is 69.0 Å². The van der Waals surface area contributed by atoms with Crippen LogP contribution in [0.5, 0.6) is 0 Å². The van der Waals surface area contributed by atoms with Crippen molar-refractivity contribution in [2.45, 2.75) is 5.03 Å². The fourth-order valence-corrected chi connectivity index (χ4v) is 2.70. The second-order valence-electron chi connectivity index (χ2n) is 3.69. The largest absolute Gasteiger partial charge is 0.340 e. The molecule has 0 N–H and O–H groups in total. The normalized spacial score (nSPS) is 11.4. The predicted octanol–water partition coefficient (Wildman–Crippen LogP) is 1.58. The number of hydrogen-bond acceptors (Lipinski definition) is 4. The molecule has 0 fully saturated rings. The van der Waals surface area contributed by atoms with Crippen LogP contribution in [0.1, 0.15) is 15.9 Å². The minimum absolute atomic E-state index is 0.114. The van der Waals surface area contributed by atoms with Gasteiger partial charge in [0, 0.05) is 47.4 Å². The van der Waals surface area contributed by atoms with Crippen molar-refractivity contribution >= 4 is 25.5 Å². The Kier molecular flexibility index (Phi) is 3.23. The fourth-order valence-electron chi connectivity index (χ4n) is 1.57. The van der Waals surface area contributed by atoms with Crippen LogP contribution in [-0.2, 0) is 16.1 Å². The molecular formula is C11H9ClN2O3S. The molecule has 0 unspecified atom stereocenters. The van der Waals surface area contributed by atoms with Crippen LogP contribution in [0.15, 0.2) is 41.8 Å². The van der Waals surface area contributed by atoms with Crippen LogP contribution in [0.4, 0.5) is 0 Å². The molecule has 2 aromatic rings. The zero-order valence-corrected chi connectivity index (χ0v) is 10.9. The van der Waals surface area contributed by atoms with Crippen molar-refractivity contribution in [1.29, 1.82) is 0 Å². The van der Waals surface area contributed by atoms with Crippen molar-refractivity contribution < 1.29 is 13.2 Å². The lowest BCUT2D eigenvalue weighted by Crippen LogP contribution is -1.99. The van der Waals surface area contributed by atoms with Gasteiger partial charge in [-0.05, 0) is 18.2 Å². The number of rotatable bonds is 3. The first kappa shape index (κ1) is 12.8. The number of aromatic nitrogens is 2. The molecule has 5 nitrogen and oxygen atoms in total. The molecular weight excluding hydrogens is 276 g/mol. The van der Waals surface area contributed by atoms with Gasteiger partial charge in [-0.3, -0.25) is 9.78 Å². The number of ketones is 1. The Morgan fingerprint density at radius 3 is 2.61 bits per heavy atom. The van der Waals surface area contributed by atoms with E-state index in [1.54, 1.807) is 18.3 Å². The van der Waals surface area contributed by atoms with Crippen LogP contribution < -0.4 is 0 Å². The first-order chi connectivity index (χ1) is 8.39. The van der Waals surface area contributed by atoms with Gasteiger partial charge < -0.3 is 4.57 Å². The fraction of sp³-hybridized carbons (Fsp3) is 0.0909. The highest BCUT2D eigenvalue weighted by Crippen LogP contribution is 2.19. The third kappa shape index (κ3) is 2.44. The zero-order valence-electron chi connectivity index (χ0n) is 9.37. The van der Waals surface area contributed by atoms with Gasteiger partial charge in [-0.2, -0.15) is 0 Å². The Morgan fingerprint density at radius 2 is 2.11 bits per heavy atom. The van der Waals surface area contributed by atoms with Crippen LogP contribution in [0.25, 0.3) is 0 Å². The number of aryl methyl sites for hydroxylation is 1. The third-order valence-electron chi connectivity index (χ3n) is 2.40. The molecule has 7 heteroatoms. The van der Waals surface area contributed by atoms with Crippen LogP contribution in [0.3, 0.4) is 0 Å². The molecule has 0 aliphatic carbocycles. The molecule has 0 amide bonds. The molecule has 0 radical (unpaired) electrons. The molecule has 0 aromatic carbocycles. The van der Waals surface area contributed by atoms with Crippen molar-refractivity contribution in [3.8, 4) is 0 Å². The standard InChI is InChI=1S/C11H9ClN2O3S/c1-14-7-9(5-10(14)18(12,16)17)11(15)8-3-2-4-13-6-8/h2-7H,1H3. The molecule has 0 atom stereocenters. The summed E-state index contributed by atoms with van der Waals surface area (Å²) in [4.78, 5) is 15.9. The molecule has 0 aliphatic rings. The van der Waals surface area contributed by atoms with E-state index >= 15 is 0 Å². The zero-order chi connectivity index (χ0) is 13.3. The van der Waals surface area contributed by atoms with Crippen molar-refractivity contribution in [3.63, 3.8) is 0 Å². The Balaban J connectivity index is 2.46. The van der Waals surface area contributed by atoms with Crippen LogP contribution in [0, 0.1) is 0 Å². The molecule has 0 bridgehead atoms. The van der Waals surface area contributed by atoms with E-state index in [0.717, 1.165) is 0 Å². The van der Waals surface area contributed by atoms with Gasteiger partial charge >= 0.3 is 0 Å². The summed E-state index contributed by atoms with van der Waals surface area (Å²) in [5.41, 5.74) is 0.645. The lowest BCUT2D eigenvalue weighted by atomic mass is 10.1. The minimum atomic E-state index is -3.86. The number of carbonyl (C=O) groups excluding carboxylic acids is 1. The van der Waals surface area contributed by atoms with Gasteiger partial charge in [-0.25, -0.2) is 8.42 Å². The smallest absolute Gasteiger partial charge is 0.276 e. The van der Waals surface area contributed by atoms with Crippen molar-refractivity contribution in [2.75, 3.05) is 0 Å². The maximum Gasteiger partial charge on any atom is 0.276 e. The Morgan fingerprint density at radius 1 is 1.39 bits per heavy atom. The van der Waals surface area contributed by atoms with Gasteiger partial charge in [-0.1, -0.05) is 0 Å². The molecule has 2 aromatic heterocycles. The van der Waals surface area contributed by atoms with Gasteiger partial charge in [0.25, 0.3) is 9.05 Å². The molecule has 0 saturated heterocycles. The van der Waals surface area contributed by atoms with Gasteiger partial charge in [0.1, 0.15) is 0 Å². The average Bonchev–Trinajstić information content (AvgIpc) is 2.71. The van der Waals surface area contributed by atoms with E-state index in [1.165, 1.54) is 30.1 Å². The summed E-state index contributed by atoms with van der Waals surface area (Å²) in [6, 6.07) is 4.49. The Labute approximate surface area is 108 Å². The highest BCUT2D eigenvalue weighted by Gasteiger charge is 2.19. The molecule has 2 heterocycles. The molecule has 0 aliphatic heterocycles. The summed E-state index contributed by atoms with van der Waals surface area (Å²) in [5.74, 6) is -0.301. The SMILES string of the molecule is Cn1cc(C(=O)c2cccnc2)cc1S(=O)(=O)Cl. The number of carbonyl (C=O) groups is 1. The monoisotopic (exact) mass is 284 g/mol. The maximum absolute atomic E-state index is 12.0. The summed E-state index contributed by atoms with van der Waals surface area (Å²) in [6.07, 6.45) is 4.39. The Bertz CT molecular complexity index is 692. The molecule has 2 rings (SSSR count). The molecule has 94 valence electrons. The molecule has 18 heavy (non-hydrogen) atoms. The third-order valence-corrected chi connectivity index (χ3v) is 3.77. The first-order valence-electron chi connectivity index (χ1n) is 4.95. The summed E-state index contributed by atoms with van der Waals surface area (Å²) >= 11 is 0. The summed E-state index contributed by atoms with van der Waals surface area (Å²) in [6.45, 7) is 0. The number of nitrogens with zero attached hydrogens (tertiary/aromatic N) is 2. The second kappa shape index (κ2) is 4.55. The molecule has 0 saturated carbocycles. The lowest BCUT2D eigenvalue weighted by Gasteiger charge is -1.95. The number of pyridine rings is 1. The predicted molar refractivity (Wildman–Crippen MR) is 66.1 cm³/mol. The number of halogens is 1. The van der Waals surface area contributed by atoms with E-state index in [-0.39, 0.29) is 16.4 Å². The highest BCUT2D eigenvalue weighted by atomic mass is 35.7. The van der Waals surface area contributed by atoms with Crippen molar-refractivity contribution in [1.82, 2.24) is 9.55 Å². The van der Waals surface area contributed by atoms with Crippen molar-refractivity contribution in [2.24, 2.45) is 7.05 Å². The summed E-state index contributed by atoms with van der Waals surface area (Å²) in [7, 11) is 2.90. The Hall–Kier alpha value is -1.66. The maximum atomic E-state index is 12.0. The van der Waals surface area contributed by atoms with E-state index < -0.39 is 9.05 Å². The van der Waals surface area contributed by atoms with Crippen LogP contribution >= 0.6 is 10.7 Å². The van der Waals surface area contributed by atoms with Crippen LogP contribution in [0.2, 0.25) is 0 Å². The van der Waals surface area contributed by atoms with E-state index in [9.17, 15) is 13.2 Å². The quantitative estimate of drug-likeness (QED) is 0.634. The van der Waals surface area contributed by atoms with Gasteiger partial charge in [-0.15, -0.1) is 0 Å². The first-order valence-corrected chi connectivity index (χ1v) is 7.26. The van der Waals surface area contributed by atoms with E-state index in [4.69, 9.17) is 10.7 Å². The summed E-state index contributed by atoms with van der Waals surface area (Å²) < 4.78 is 23.8. The van der Waals surface area contributed by atoms with Gasteiger partial charge in [0.05, 0.1) is 0 Å². The highest BCUT2D eigenvalue weighted by molar-refractivity contribution is 8.13. The van der Waals surface area contributed by atoms with Gasteiger partial charge in [0.15, 0.2) is 10.8 Å². The minimum Gasteiger partial charge on any atom is -0.340 e. The van der Waals surface area contributed by atoms with E-state index in [0.29, 0.717) is 5.56 Å². The van der Waals surface area contributed by atoms with Crippen LogP contribution in [-0.4, -0.2) is 23.8 Å². The van der Waals surface area contributed by atoms with Crippen molar-refractivity contribution in [3.05, 3.63) is 47.9 Å². The lowest BCUT2D eigenvalue weighted by molar-refractivity contribution is 0.103. The summed E-state index contributed by atoms with van der Waals surface area (Å²) in [5, 5.41) is -0.114.